The summed E-state index contributed by atoms with van der Waals surface area (Å²) in [5.41, 5.74) is 0. The highest BCUT2D eigenvalue weighted by Crippen LogP contribution is 2.22. The maximum Gasteiger partial charge on any atom is 0.371 e. The van der Waals surface area contributed by atoms with Gasteiger partial charge >= 0.3 is 5.97 Å². The van der Waals surface area contributed by atoms with Gasteiger partial charge in [0.1, 0.15) is 5.76 Å². The van der Waals surface area contributed by atoms with Crippen molar-refractivity contribution < 1.29 is 14.3 Å². The van der Waals surface area contributed by atoms with Crippen LogP contribution in [0.2, 0.25) is 0 Å². The molecule has 0 aliphatic heterocycles. The molecule has 0 saturated carbocycles. The first-order chi connectivity index (χ1) is 6.93. The molecule has 1 heterocycles. The van der Waals surface area contributed by atoms with Gasteiger partial charge in [-0.25, -0.2) is 4.79 Å². The molecular formula is C11H17NO3. The van der Waals surface area contributed by atoms with E-state index in [1.54, 1.807) is 6.07 Å². The number of aromatic carboxylic acids is 1. The fourth-order valence-electron chi connectivity index (χ4n) is 1.34. The number of furan rings is 1. The predicted molar refractivity (Wildman–Crippen MR) is 57.0 cm³/mol. The molecule has 0 aliphatic rings. The van der Waals surface area contributed by atoms with Gasteiger partial charge in [-0.2, -0.15) is 0 Å². The van der Waals surface area contributed by atoms with E-state index in [2.05, 4.69) is 18.7 Å². The summed E-state index contributed by atoms with van der Waals surface area (Å²) in [5.74, 6) is -0.349. The highest BCUT2D eigenvalue weighted by molar-refractivity contribution is 5.84. The molecule has 0 amide bonds. The van der Waals surface area contributed by atoms with Crippen LogP contribution in [0.5, 0.6) is 0 Å². The summed E-state index contributed by atoms with van der Waals surface area (Å²) in [6, 6.07) is 3.67. The Morgan fingerprint density at radius 3 is 2.40 bits per heavy atom. The van der Waals surface area contributed by atoms with E-state index < -0.39 is 5.97 Å². The summed E-state index contributed by atoms with van der Waals surface area (Å²) in [6.45, 7) is 6.15. The quantitative estimate of drug-likeness (QED) is 0.830. The molecule has 1 atom stereocenters. The minimum atomic E-state index is -1.03. The van der Waals surface area contributed by atoms with Crippen molar-refractivity contribution in [2.45, 2.75) is 32.9 Å². The first-order valence-corrected chi connectivity index (χ1v) is 4.98. The summed E-state index contributed by atoms with van der Waals surface area (Å²) in [6.07, 6.45) is 0. The van der Waals surface area contributed by atoms with E-state index in [9.17, 15) is 4.79 Å². The van der Waals surface area contributed by atoms with Crippen LogP contribution in [-0.2, 0) is 0 Å². The van der Waals surface area contributed by atoms with Crippen molar-refractivity contribution in [1.82, 2.24) is 4.90 Å². The molecule has 4 heteroatoms. The maximum atomic E-state index is 10.6. The zero-order valence-electron chi connectivity index (χ0n) is 9.52. The standard InChI is InChI=1S/C11H17NO3/c1-7(2)12(4)8(3)9-5-6-10(15-9)11(13)14/h5-8H,1-4H3,(H,13,14). The lowest BCUT2D eigenvalue weighted by atomic mass is 10.2. The molecule has 1 rings (SSSR count). The minimum absolute atomic E-state index is 0.00555. The van der Waals surface area contributed by atoms with Gasteiger partial charge in [-0.15, -0.1) is 0 Å². The molecule has 84 valence electrons. The van der Waals surface area contributed by atoms with Crippen molar-refractivity contribution >= 4 is 5.97 Å². The van der Waals surface area contributed by atoms with Crippen LogP contribution < -0.4 is 0 Å². The third-order valence-corrected chi connectivity index (χ3v) is 2.67. The van der Waals surface area contributed by atoms with Gasteiger partial charge in [0.2, 0.25) is 5.76 Å². The summed E-state index contributed by atoms with van der Waals surface area (Å²) >= 11 is 0. The Bertz CT molecular complexity index is 343. The monoisotopic (exact) mass is 211 g/mol. The Kier molecular flexibility index (Phi) is 3.52. The van der Waals surface area contributed by atoms with Crippen molar-refractivity contribution in [3.05, 3.63) is 23.7 Å². The molecule has 1 N–H and O–H groups in total. The lowest BCUT2D eigenvalue weighted by Crippen LogP contribution is -2.29. The lowest BCUT2D eigenvalue weighted by molar-refractivity contribution is 0.0656. The second kappa shape index (κ2) is 4.49. The van der Waals surface area contributed by atoms with Crippen LogP contribution in [0.15, 0.2) is 16.5 Å². The molecule has 4 nitrogen and oxygen atoms in total. The van der Waals surface area contributed by atoms with E-state index >= 15 is 0 Å². The van der Waals surface area contributed by atoms with Crippen molar-refractivity contribution in [2.24, 2.45) is 0 Å². The van der Waals surface area contributed by atoms with Gasteiger partial charge in [-0.05, 0) is 40.0 Å². The van der Waals surface area contributed by atoms with Gasteiger partial charge in [-0.1, -0.05) is 0 Å². The van der Waals surface area contributed by atoms with E-state index in [4.69, 9.17) is 9.52 Å². The van der Waals surface area contributed by atoms with Crippen molar-refractivity contribution in [1.29, 1.82) is 0 Å². The van der Waals surface area contributed by atoms with Crippen LogP contribution in [0.3, 0.4) is 0 Å². The molecule has 1 aromatic rings. The zero-order chi connectivity index (χ0) is 11.6. The summed E-state index contributed by atoms with van der Waals surface area (Å²) in [4.78, 5) is 12.7. The molecule has 1 aromatic heterocycles. The van der Waals surface area contributed by atoms with Crippen LogP contribution in [0.1, 0.15) is 43.1 Å². The Balaban J connectivity index is 2.82. The average Bonchev–Trinajstić information content (AvgIpc) is 2.64. The number of rotatable bonds is 4. The Hall–Kier alpha value is -1.29. The second-order valence-electron chi connectivity index (χ2n) is 3.94. The van der Waals surface area contributed by atoms with Gasteiger partial charge in [0, 0.05) is 6.04 Å². The van der Waals surface area contributed by atoms with Gasteiger partial charge in [0.05, 0.1) is 6.04 Å². The SMILES string of the molecule is CC(C)N(C)C(C)c1ccc(C(=O)O)o1. The zero-order valence-corrected chi connectivity index (χ0v) is 9.52. The second-order valence-corrected chi connectivity index (χ2v) is 3.94. The maximum absolute atomic E-state index is 10.6. The van der Waals surface area contributed by atoms with Crippen LogP contribution >= 0.6 is 0 Å². The fourth-order valence-corrected chi connectivity index (χ4v) is 1.34. The third-order valence-electron chi connectivity index (χ3n) is 2.67. The average molecular weight is 211 g/mol. The van der Waals surface area contributed by atoms with Crippen molar-refractivity contribution in [2.75, 3.05) is 7.05 Å². The minimum Gasteiger partial charge on any atom is -0.475 e. The van der Waals surface area contributed by atoms with E-state index in [1.165, 1.54) is 6.07 Å². The molecule has 0 aliphatic carbocycles. The number of hydrogen-bond donors (Lipinski definition) is 1. The number of hydrogen-bond acceptors (Lipinski definition) is 3. The predicted octanol–water partition coefficient (Wildman–Crippen LogP) is 2.38. The fraction of sp³-hybridized carbons (Fsp3) is 0.545. The Morgan fingerprint density at radius 1 is 1.40 bits per heavy atom. The summed E-state index contributed by atoms with van der Waals surface area (Å²) < 4.78 is 5.24. The molecular weight excluding hydrogens is 194 g/mol. The summed E-state index contributed by atoms with van der Waals surface area (Å²) in [5, 5.41) is 8.72. The van der Waals surface area contributed by atoms with Crippen LogP contribution in [-0.4, -0.2) is 29.1 Å². The Morgan fingerprint density at radius 2 is 2.00 bits per heavy atom. The Labute approximate surface area is 89.5 Å². The highest BCUT2D eigenvalue weighted by atomic mass is 16.4. The van der Waals surface area contributed by atoms with E-state index in [-0.39, 0.29) is 11.8 Å². The highest BCUT2D eigenvalue weighted by Gasteiger charge is 2.19. The van der Waals surface area contributed by atoms with Gasteiger partial charge in [0.15, 0.2) is 0 Å². The molecule has 1 unspecified atom stereocenters. The molecule has 0 bridgehead atoms. The van der Waals surface area contributed by atoms with Crippen molar-refractivity contribution in [3.63, 3.8) is 0 Å². The van der Waals surface area contributed by atoms with E-state index in [0.717, 1.165) is 0 Å². The molecule has 0 fully saturated rings. The summed E-state index contributed by atoms with van der Waals surface area (Å²) in [7, 11) is 1.98. The third kappa shape index (κ3) is 2.59. The van der Waals surface area contributed by atoms with Crippen LogP contribution in [0.25, 0.3) is 0 Å². The van der Waals surface area contributed by atoms with Crippen LogP contribution in [0, 0.1) is 0 Å². The largest absolute Gasteiger partial charge is 0.475 e. The molecule has 0 aromatic carbocycles. The van der Waals surface area contributed by atoms with Crippen LogP contribution in [0.4, 0.5) is 0 Å². The van der Waals surface area contributed by atoms with Gasteiger partial charge in [-0.3, -0.25) is 4.90 Å². The number of carbonyl (C=O) groups is 1. The topological polar surface area (TPSA) is 53.7 Å². The first kappa shape index (κ1) is 11.8. The molecule has 15 heavy (non-hydrogen) atoms. The molecule has 0 saturated heterocycles. The van der Waals surface area contributed by atoms with Gasteiger partial charge < -0.3 is 9.52 Å². The lowest BCUT2D eigenvalue weighted by Gasteiger charge is -2.26. The van der Waals surface area contributed by atoms with E-state index in [0.29, 0.717) is 11.8 Å². The number of carboxylic acid groups (broad SMARTS) is 1. The first-order valence-electron chi connectivity index (χ1n) is 4.98. The number of carboxylic acids is 1. The van der Waals surface area contributed by atoms with Crippen molar-refractivity contribution in [3.8, 4) is 0 Å². The smallest absolute Gasteiger partial charge is 0.371 e. The molecule has 0 spiro atoms. The molecule has 0 radical (unpaired) electrons. The normalized spacial score (nSPS) is 13.5. The number of nitrogens with zero attached hydrogens (tertiary/aromatic N) is 1. The van der Waals surface area contributed by atoms with Gasteiger partial charge in [0.25, 0.3) is 0 Å². The van der Waals surface area contributed by atoms with E-state index in [1.807, 2.05) is 14.0 Å².